The van der Waals surface area contributed by atoms with E-state index in [1.54, 1.807) is 37.2 Å². The summed E-state index contributed by atoms with van der Waals surface area (Å²) in [6.07, 6.45) is 1.54. The predicted octanol–water partition coefficient (Wildman–Crippen LogP) is 2.90. The van der Waals surface area contributed by atoms with E-state index in [4.69, 9.17) is 17.3 Å². The van der Waals surface area contributed by atoms with Gasteiger partial charge in [0.15, 0.2) is 0 Å². The zero-order valence-corrected chi connectivity index (χ0v) is 12.2. The Labute approximate surface area is 123 Å². The van der Waals surface area contributed by atoms with Gasteiger partial charge in [-0.1, -0.05) is 23.7 Å². The Balaban J connectivity index is 2.18. The van der Waals surface area contributed by atoms with E-state index < -0.39 is 0 Å². The van der Waals surface area contributed by atoms with Crippen molar-refractivity contribution < 1.29 is 4.79 Å². The van der Waals surface area contributed by atoms with Gasteiger partial charge >= 0.3 is 0 Å². The van der Waals surface area contributed by atoms with Crippen molar-refractivity contribution in [3.63, 3.8) is 0 Å². The first-order valence-corrected chi connectivity index (χ1v) is 6.57. The number of pyridine rings is 1. The highest BCUT2D eigenvalue weighted by Crippen LogP contribution is 2.15. The van der Waals surface area contributed by atoms with Gasteiger partial charge in [0.2, 0.25) is 0 Å². The lowest BCUT2D eigenvalue weighted by Crippen LogP contribution is -2.27. The molecule has 1 heterocycles. The average molecular weight is 290 g/mol. The fraction of sp³-hybridized carbons (Fsp3) is 0.200. The van der Waals surface area contributed by atoms with Crippen molar-refractivity contribution in [2.24, 2.45) is 0 Å². The van der Waals surface area contributed by atoms with Crippen molar-refractivity contribution in [2.45, 2.75) is 13.5 Å². The number of benzene rings is 1. The molecule has 5 heteroatoms. The normalized spacial score (nSPS) is 10.3. The molecule has 0 saturated carbocycles. The molecule has 20 heavy (non-hydrogen) atoms. The second-order valence-electron chi connectivity index (χ2n) is 4.69. The van der Waals surface area contributed by atoms with Crippen LogP contribution >= 0.6 is 11.6 Å². The van der Waals surface area contributed by atoms with Gasteiger partial charge in [-0.25, -0.2) is 0 Å². The Kier molecular flexibility index (Phi) is 4.25. The molecule has 104 valence electrons. The zero-order valence-electron chi connectivity index (χ0n) is 11.4. The smallest absolute Gasteiger partial charge is 0.255 e. The minimum absolute atomic E-state index is 0.109. The lowest BCUT2D eigenvalue weighted by molar-refractivity contribution is 0.0784. The molecule has 0 aliphatic rings. The van der Waals surface area contributed by atoms with E-state index in [1.165, 1.54) is 0 Å². The summed E-state index contributed by atoms with van der Waals surface area (Å²) in [5.74, 6) is -0.109. The number of aromatic nitrogens is 1. The molecule has 0 atom stereocenters. The van der Waals surface area contributed by atoms with Gasteiger partial charge < -0.3 is 10.6 Å². The fourth-order valence-corrected chi connectivity index (χ4v) is 2.17. The number of nitrogens with two attached hydrogens (primary N) is 1. The maximum Gasteiger partial charge on any atom is 0.255 e. The first-order valence-electron chi connectivity index (χ1n) is 6.19. The number of nitrogen functional groups attached to an aromatic ring is 1. The van der Waals surface area contributed by atoms with E-state index in [1.807, 2.05) is 18.2 Å². The van der Waals surface area contributed by atoms with Gasteiger partial charge in [-0.3, -0.25) is 9.78 Å². The van der Waals surface area contributed by atoms with Crippen LogP contribution in [0.3, 0.4) is 0 Å². The minimum atomic E-state index is -0.109. The number of anilines is 1. The third-order valence-electron chi connectivity index (χ3n) is 2.99. The van der Waals surface area contributed by atoms with Crippen molar-refractivity contribution in [1.82, 2.24) is 9.88 Å². The lowest BCUT2D eigenvalue weighted by Gasteiger charge is -2.18. The van der Waals surface area contributed by atoms with Gasteiger partial charge in [0.1, 0.15) is 0 Å². The molecular formula is C15H16ClN3O. The standard InChI is InChI=1S/C15H16ClN3O/c1-10-14(7-13(17)8-18-10)15(20)19(2)9-11-4-3-5-12(16)6-11/h3-8H,9,17H2,1-2H3. The molecule has 2 aromatic rings. The summed E-state index contributed by atoms with van der Waals surface area (Å²) in [5.41, 5.74) is 8.33. The number of hydrogen-bond acceptors (Lipinski definition) is 3. The Morgan fingerprint density at radius 2 is 2.15 bits per heavy atom. The van der Waals surface area contributed by atoms with Crippen LogP contribution in [0.4, 0.5) is 5.69 Å². The van der Waals surface area contributed by atoms with Crippen LogP contribution in [0.25, 0.3) is 0 Å². The molecule has 1 amide bonds. The molecular weight excluding hydrogens is 274 g/mol. The Bertz CT molecular complexity index is 643. The molecule has 4 nitrogen and oxygen atoms in total. The second-order valence-corrected chi connectivity index (χ2v) is 5.13. The summed E-state index contributed by atoms with van der Waals surface area (Å²) in [7, 11) is 1.74. The summed E-state index contributed by atoms with van der Waals surface area (Å²) < 4.78 is 0. The number of nitrogens with zero attached hydrogens (tertiary/aromatic N) is 2. The van der Waals surface area contributed by atoms with Gasteiger partial charge in [0.25, 0.3) is 5.91 Å². The van der Waals surface area contributed by atoms with Gasteiger partial charge in [-0.2, -0.15) is 0 Å². The molecule has 0 fully saturated rings. The fourth-order valence-electron chi connectivity index (χ4n) is 1.95. The topological polar surface area (TPSA) is 59.2 Å². The van der Waals surface area contributed by atoms with Crippen molar-refractivity contribution in [3.05, 3.63) is 58.4 Å². The van der Waals surface area contributed by atoms with Crippen LogP contribution in [0.2, 0.25) is 5.02 Å². The van der Waals surface area contributed by atoms with Crippen molar-refractivity contribution >= 4 is 23.2 Å². The summed E-state index contributed by atoms with van der Waals surface area (Å²) in [4.78, 5) is 18.1. The number of carbonyl (C=O) groups excluding carboxylic acids is 1. The Hall–Kier alpha value is -2.07. The number of aryl methyl sites for hydroxylation is 1. The third-order valence-corrected chi connectivity index (χ3v) is 3.23. The highest BCUT2D eigenvalue weighted by molar-refractivity contribution is 6.30. The van der Waals surface area contributed by atoms with E-state index in [0.717, 1.165) is 5.56 Å². The van der Waals surface area contributed by atoms with E-state index in [0.29, 0.717) is 28.5 Å². The van der Waals surface area contributed by atoms with Crippen LogP contribution in [-0.2, 0) is 6.54 Å². The molecule has 0 radical (unpaired) electrons. The summed E-state index contributed by atoms with van der Waals surface area (Å²) >= 11 is 5.94. The van der Waals surface area contributed by atoms with Crippen LogP contribution in [0.1, 0.15) is 21.6 Å². The number of amides is 1. The molecule has 0 aliphatic carbocycles. The molecule has 1 aromatic carbocycles. The molecule has 1 aromatic heterocycles. The predicted molar refractivity (Wildman–Crippen MR) is 80.6 cm³/mol. The number of hydrogen-bond donors (Lipinski definition) is 1. The highest BCUT2D eigenvalue weighted by atomic mass is 35.5. The Morgan fingerprint density at radius 3 is 2.85 bits per heavy atom. The van der Waals surface area contributed by atoms with Crippen LogP contribution in [0.15, 0.2) is 36.5 Å². The largest absolute Gasteiger partial charge is 0.397 e. The first kappa shape index (κ1) is 14.3. The molecule has 0 unspecified atom stereocenters. The van der Waals surface area contributed by atoms with Crippen molar-refractivity contribution in [2.75, 3.05) is 12.8 Å². The SMILES string of the molecule is Cc1ncc(N)cc1C(=O)N(C)Cc1cccc(Cl)c1. The summed E-state index contributed by atoms with van der Waals surface area (Å²) in [5, 5.41) is 0.658. The van der Waals surface area contributed by atoms with E-state index in [-0.39, 0.29) is 5.91 Å². The molecule has 0 spiro atoms. The maximum absolute atomic E-state index is 12.4. The Morgan fingerprint density at radius 1 is 1.40 bits per heavy atom. The van der Waals surface area contributed by atoms with E-state index >= 15 is 0 Å². The molecule has 0 bridgehead atoms. The molecule has 2 rings (SSSR count). The molecule has 0 aliphatic heterocycles. The highest BCUT2D eigenvalue weighted by Gasteiger charge is 2.15. The summed E-state index contributed by atoms with van der Waals surface area (Å²) in [6, 6.07) is 9.09. The minimum Gasteiger partial charge on any atom is -0.397 e. The van der Waals surface area contributed by atoms with Crippen LogP contribution in [0, 0.1) is 6.92 Å². The van der Waals surface area contributed by atoms with Gasteiger partial charge in [0, 0.05) is 18.6 Å². The van der Waals surface area contributed by atoms with Crippen molar-refractivity contribution in [3.8, 4) is 0 Å². The number of halogens is 1. The van der Waals surface area contributed by atoms with Crippen molar-refractivity contribution in [1.29, 1.82) is 0 Å². The molecule has 2 N–H and O–H groups in total. The monoisotopic (exact) mass is 289 g/mol. The summed E-state index contributed by atoms with van der Waals surface area (Å²) in [6.45, 7) is 2.27. The number of rotatable bonds is 3. The lowest BCUT2D eigenvalue weighted by atomic mass is 10.1. The van der Waals surface area contributed by atoms with Crippen LogP contribution in [0.5, 0.6) is 0 Å². The van der Waals surface area contributed by atoms with Gasteiger partial charge in [-0.05, 0) is 30.7 Å². The zero-order chi connectivity index (χ0) is 14.7. The second kappa shape index (κ2) is 5.92. The van der Waals surface area contributed by atoms with E-state index in [2.05, 4.69) is 4.98 Å². The third kappa shape index (κ3) is 3.27. The van der Waals surface area contributed by atoms with Crippen LogP contribution < -0.4 is 5.73 Å². The van der Waals surface area contributed by atoms with Gasteiger partial charge in [0.05, 0.1) is 23.1 Å². The van der Waals surface area contributed by atoms with E-state index in [9.17, 15) is 4.79 Å². The van der Waals surface area contributed by atoms with Crippen LogP contribution in [-0.4, -0.2) is 22.8 Å². The molecule has 0 saturated heterocycles. The number of carbonyl (C=O) groups is 1. The first-order chi connectivity index (χ1) is 9.47. The average Bonchev–Trinajstić information content (AvgIpc) is 2.40. The van der Waals surface area contributed by atoms with Gasteiger partial charge in [-0.15, -0.1) is 0 Å². The maximum atomic E-state index is 12.4. The quantitative estimate of drug-likeness (QED) is 0.945.